The molecule has 0 unspecified atom stereocenters. The Balaban J connectivity index is 0.000000293. The number of hydrogen-bond donors (Lipinski definition) is 4. The molecular formula is C35H45N5O7S. The summed E-state index contributed by atoms with van der Waals surface area (Å²) in [6.07, 6.45) is 6.23. The maximum Gasteiger partial charge on any atom is 0.394 e. The highest BCUT2D eigenvalue weighted by Gasteiger charge is 2.14. The standard InChI is InChI=1S/C21H25N.C14H18N4O3.H2O4S/c1-21(2,3)15-8-5-9-16-22(4)17-19-13-10-12-18-11-6-7-14-20(18)19;1-19-10-5-8(6-11(20-2)12(10)21-3)4-9-7-17-14(16)18-13(9)15;1-5(2,3)4/h5-7,9-14H,16-17H2,1-4H3;5-7H,4H2,1-3H3,(H4,15,16,17,18);(H2,1,2,3,4)/b9-5+;;. The molecule has 1 heterocycles. The fourth-order valence-electron chi connectivity index (χ4n) is 4.36. The lowest BCUT2D eigenvalue weighted by Crippen LogP contribution is -2.17. The zero-order chi connectivity index (χ0) is 35.9. The van der Waals surface area contributed by atoms with E-state index in [-0.39, 0.29) is 11.4 Å². The molecule has 4 aromatic rings. The fourth-order valence-corrected chi connectivity index (χ4v) is 4.36. The molecule has 0 atom stereocenters. The third kappa shape index (κ3) is 14.3. The molecule has 0 bridgehead atoms. The highest BCUT2D eigenvalue weighted by atomic mass is 32.3. The number of nitrogens with zero attached hydrogens (tertiary/aromatic N) is 3. The fraction of sp³-hybridized carbons (Fsp3) is 0.314. The second-order valence-corrected chi connectivity index (χ2v) is 12.4. The maximum absolute atomic E-state index is 8.74. The molecule has 0 amide bonds. The van der Waals surface area contributed by atoms with Crippen LogP contribution in [0.15, 0.2) is 72.9 Å². The van der Waals surface area contributed by atoms with E-state index in [1.165, 1.54) is 16.3 Å². The van der Waals surface area contributed by atoms with E-state index in [0.717, 1.165) is 24.2 Å². The van der Waals surface area contributed by atoms with Crippen LogP contribution in [-0.4, -0.2) is 67.3 Å². The predicted molar refractivity (Wildman–Crippen MR) is 191 cm³/mol. The number of anilines is 2. The van der Waals surface area contributed by atoms with Gasteiger partial charge in [0, 0.05) is 36.7 Å². The predicted octanol–water partition coefficient (Wildman–Crippen LogP) is 5.48. The zero-order valence-corrected chi connectivity index (χ0v) is 29.2. The van der Waals surface area contributed by atoms with Gasteiger partial charge in [0.1, 0.15) is 5.82 Å². The van der Waals surface area contributed by atoms with Gasteiger partial charge in [0.25, 0.3) is 0 Å². The van der Waals surface area contributed by atoms with Crippen molar-refractivity contribution in [2.45, 2.75) is 33.7 Å². The Labute approximate surface area is 283 Å². The lowest BCUT2D eigenvalue weighted by molar-refractivity contribution is 0.324. The van der Waals surface area contributed by atoms with Crippen LogP contribution in [-0.2, 0) is 23.4 Å². The molecule has 0 saturated carbocycles. The van der Waals surface area contributed by atoms with Crippen molar-refractivity contribution >= 4 is 32.9 Å². The number of benzene rings is 3. The summed E-state index contributed by atoms with van der Waals surface area (Å²) >= 11 is 0. The summed E-state index contributed by atoms with van der Waals surface area (Å²) in [7, 11) is 2.18. The Hall–Kier alpha value is -4.87. The summed E-state index contributed by atoms with van der Waals surface area (Å²) in [6.45, 7) is 8.22. The Morgan fingerprint density at radius 2 is 1.54 bits per heavy atom. The first-order chi connectivity index (χ1) is 22.5. The van der Waals surface area contributed by atoms with Gasteiger partial charge >= 0.3 is 10.4 Å². The van der Waals surface area contributed by atoms with Crippen molar-refractivity contribution in [3.05, 3.63) is 89.6 Å². The molecule has 1 aromatic heterocycles. The number of aromatic nitrogens is 2. The van der Waals surface area contributed by atoms with E-state index in [1.807, 2.05) is 18.2 Å². The minimum Gasteiger partial charge on any atom is -0.493 e. The summed E-state index contributed by atoms with van der Waals surface area (Å²) in [5.41, 5.74) is 14.5. The molecule has 0 aliphatic rings. The molecule has 0 radical (unpaired) electrons. The molecule has 3 aromatic carbocycles. The minimum atomic E-state index is -4.67. The van der Waals surface area contributed by atoms with Crippen molar-refractivity contribution in [3.63, 3.8) is 0 Å². The summed E-state index contributed by atoms with van der Waals surface area (Å²) in [5, 5.41) is 2.65. The van der Waals surface area contributed by atoms with Crippen LogP contribution in [0.1, 0.15) is 37.5 Å². The molecule has 12 nitrogen and oxygen atoms in total. The topological polar surface area (TPSA) is 183 Å². The maximum atomic E-state index is 8.74. The highest BCUT2D eigenvalue weighted by Crippen LogP contribution is 2.38. The van der Waals surface area contributed by atoms with Gasteiger partial charge < -0.3 is 25.7 Å². The van der Waals surface area contributed by atoms with Gasteiger partial charge in [0.15, 0.2) is 11.5 Å². The first-order valence-corrected chi connectivity index (χ1v) is 16.1. The Bertz CT molecular complexity index is 1810. The number of hydrogen-bond acceptors (Lipinski definition) is 10. The Morgan fingerprint density at radius 3 is 2.10 bits per heavy atom. The van der Waals surface area contributed by atoms with Crippen LogP contribution in [0.4, 0.5) is 11.8 Å². The van der Waals surface area contributed by atoms with Gasteiger partial charge in [-0.25, -0.2) is 4.98 Å². The van der Waals surface area contributed by atoms with Crippen LogP contribution >= 0.6 is 0 Å². The summed E-state index contributed by atoms with van der Waals surface area (Å²) in [5.74, 6) is 8.56. The van der Waals surface area contributed by atoms with Gasteiger partial charge in [-0.15, -0.1) is 0 Å². The number of nitrogens with two attached hydrogens (primary N) is 2. The van der Waals surface area contributed by atoms with E-state index in [4.69, 9.17) is 43.2 Å². The molecule has 0 fully saturated rings. The number of fused-ring (bicyclic) bond motifs is 1. The van der Waals surface area contributed by atoms with Crippen LogP contribution in [0.3, 0.4) is 0 Å². The quantitative estimate of drug-likeness (QED) is 0.129. The second-order valence-electron chi connectivity index (χ2n) is 11.6. The smallest absolute Gasteiger partial charge is 0.394 e. The number of rotatable bonds is 9. The third-order valence-electron chi connectivity index (χ3n) is 6.42. The van der Waals surface area contributed by atoms with Crippen molar-refractivity contribution < 1.29 is 31.7 Å². The number of likely N-dealkylation sites (N-methyl/N-ethyl adjacent to an activating group) is 1. The largest absolute Gasteiger partial charge is 0.493 e. The van der Waals surface area contributed by atoms with E-state index in [1.54, 1.807) is 27.5 Å². The normalized spacial score (nSPS) is 11.1. The van der Waals surface area contributed by atoms with Gasteiger partial charge in [-0.2, -0.15) is 13.4 Å². The van der Waals surface area contributed by atoms with E-state index >= 15 is 0 Å². The van der Waals surface area contributed by atoms with Gasteiger partial charge in [0.2, 0.25) is 11.7 Å². The van der Waals surface area contributed by atoms with Crippen LogP contribution in [0.5, 0.6) is 17.2 Å². The van der Waals surface area contributed by atoms with Crippen molar-refractivity contribution in [1.29, 1.82) is 0 Å². The van der Waals surface area contributed by atoms with Crippen LogP contribution in [0.25, 0.3) is 10.8 Å². The molecule has 6 N–H and O–H groups in total. The summed E-state index contributed by atoms with van der Waals surface area (Å²) < 4.78 is 47.5. The Kier molecular flexibility index (Phi) is 15.1. The van der Waals surface area contributed by atoms with E-state index < -0.39 is 10.4 Å². The molecule has 4 rings (SSSR count). The number of ether oxygens (including phenoxy) is 3. The van der Waals surface area contributed by atoms with Crippen molar-refractivity contribution in [2.24, 2.45) is 5.41 Å². The van der Waals surface area contributed by atoms with E-state index in [0.29, 0.717) is 29.5 Å². The highest BCUT2D eigenvalue weighted by molar-refractivity contribution is 7.79. The lowest BCUT2D eigenvalue weighted by atomic mass is 9.98. The van der Waals surface area contributed by atoms with Crippen molar-refractivity contribution in [1.82, 2.24) is 14.9 Å². The number of nitrogen functional groups attached to an aromatic ring is 2. The Morgan fingerprint density at radius 1 is 0.938 bits per heavy atom. The first kappa shape index (κ1) is 39.3. The zero-order valence-electron chi connectivity index (χ0n) is 28.4. The third-order valence-corrected chi connectivity index (χ3v) is 6.42. The molecule has 0 aliphatic carbocycles. The molecule has 13 heteroatoms. The van der Waals surface area contributed by atoms with E-state index in [9.17, 15) is 0 Å². The number of methoxy groups -OCH3 is 3. The van der Waals surface area contributed by atoms with Gasteiger partial charge in [-0.3, -0.25) is 14.0 Å². The lowest BCUT2D eigenvalue weighted by Gasteiger charge is -2.15. The number of allylic oxidation sites excluding steroid dienone is 1. The average Bonchev–Trinajstić information content (AvgIpc) is 3.01. The van der Waals surface area contributed by atoms with Gasteiger partial charge in [-0.1, -0.05) is 60.4 Å². The van der Waals surface area contributed by atoms with Crippen LogP contribution < -0.4 is 25.7 Å². The molecule has 0 spiro atoms. The molecular weight excluding hydrogens is 634 g/mol. The molecule has 0 aliphatic heterocycles. The molecule has 48 heavy (non-hydrogen) atoms. The van der Waals surface area contributed by atoms with Crippen molar-refractivity contribution in [3.8, 4) is 29.1 Å². The molecule has 0 saturated heterocycles. The average molecular weight is 680 g/mol. The molecule has 258 valence electrons. The minimum absolute atomic E-state index is 0.0686. The first-order valence-electron chi connectivity index (χ1n) is 14.7. The van der Waals surface area contributed by atoms with Gasteiger partial charge in [-0.05, 0) is 67.9 Å². The van der Waals surface area contributed by atoms with Gasteiger partial charge in [0.05, 0.1) is 21.3 Å². The summed E-state index contributed by atoms with van der Waals surface area (Å²) in [6, 6.07) is 18.8. The van der Waals surface area contributed by atoms with Crippen LogP contribution in [0.2, 0.25) is 0 Å². The SMILES string of the molecule is CN(C/C=C/C#CC(C)(C)C)Cc1cccc2ccccc12.COc1cc(Cc2cnc(N)nc2N)cc(OC)c1OC.O=S(=O)(O)O. The van der Waals surface area contributed by atoms with Crippen LogP contribution in [0, 0.1) is 17.3 Å². The summed E-state index contributed by atoms with van der Waals surface area (Å²) in [4.78, 5) is 10.2. The van der Waals surface area contributed by atoms with Crippen molar-refractivity contribution in [2.75, 3.05) is 46.4 Å². The second kappa shape index (κ2) is 18.5. The monoisotopic (exact) mass is 679 g/mol. The van der Waals surface area contributed by atoms with E-state index in [2.05, 4.69) is 103 Å².